The predicted molar refractivity (Wildman–Crippen MR) is 110 cm³/mol. The Hall–Kier alpha value is -2.32. The Morgan fingerprint density at radius 3 is 2.61 bits per heavy atom. The van der Waals surface area contributed by atoms with Crippen molar-refractivity contribution in [2.45, 2.75) is 25.1 Å². The second-order valence-electron chi connectivity index (χ2n) is 7.13. The number of carbonyl (C=O) groups is 1. The van der Waals surface area contributed by atoms with Crippen molar-refractivity contribution in [1.82, 2.24) is 19.8 Å². The van der Waals surface area contributed by atoms with Gasteiger partial charge in [0.15, 0.2) is 0 Å². The molecule has 28 heavy (non-hydrogen) atoms. The van der Waals surface area contributed by atoms with Crippen LogP contribution >= 0.6 is 11.8 Å². The molecule has 1 aromatic heterocycles. The first-order chi connectivity index (χ1) is 13.6. The lowest BCUT2D eigenvalue weighted by Crippen LogP contribution is -2.46. The Morgan fingerprint density at radius 2 is 1.86 bits per heavy atom. The molecule has 0 radical (unpaired) electrons. The number of hydrogen-bond donors (Lipinski definition) is 2. The number of amides is 1. The Balaban J connectivity index is 1.47. The first-order valence-corrected chi connectivity index (χ1v) is 10.8. The Labute approximate surface area is 167 Å². The average molecular weight is 401 g/mol. The maximum atomic E-state index is 12.5. The van der Waals surface area contributed by atoms with Crippen LogP contribution < -0.4 is 16.6 Å². The zero-order chi connectivity index (χ0) is 19.5. The lowest BCUT2D eigenvalue weighted by molar-refractivity contribution is 0.0736. The summed E-state index contributed by atoms with van der Waals surface area (Å²) >= 11 is 1.72. The molecule has 1 fully saturated rings. The van der Waals surface area contributed by atoms with Crippen LogP contribution in [0.3, 0.4) is 0 Å². The van der Waals surface area contributed by atoms with Crippen LogP contribution in [0.1, 0.15) is 27.2 Å². The molecule has 0 saturated carbocycles. The summed E-state index contributed by atoms with van der Waals surface area (Å²) in [5.74, 6) is 1.66. The third-order valence-electron chi connectivity index (χ3n) is 5.37. The highest BCUT2D eigenvalue weighted by Crippen LogP contribution is 2.20. The van der Waals surface area contributed by atoms with Gasteiger partial charge in [0.2, 0.25) is 0 Å². The Kier molecular flexibility index (Phi) is 5.68. The minimum atomic E-state index is -0.332. The zero-order valence-corrected chi connectivity index (χ0v) is 16.5. The van der Waals surface area contributed by atoms with Crippen molar-refractivity contribution in [2.24, 2.45) is 0 Å². The SMILES string of the molecule is O=C(c1ccc(CCn2c3c(c(=O)[nH]c2=O)CSCC3)cc1)N1CCNCC1. The highest BCUT2D eigenvalue weighted by atomic mass is 32.2. The standard InChI is InChI=1S/C20H24N4O3S/c25-18-16-13-28-12-6-17(16)24(20(27)22-18)9-5-14-1-3-15(4-2-14)19(26)23-10-7-21-8-11-23/h1-4,21H,5-13H2,(H,22,25,27). The quantitative estimate of drug-likeness (QED) is 0.786. The van der Waals surface area contributed by atoms with Crippen LogP contribution in [-0.2, 0) is 25.1 Å². The molecule has 0 unspecified atom stereocenters. The average Bonchev–Trinajstić information content (AvgIpc) is 2.74. The van der Waals surface area contributed by atoms with Gasteiger partial charge in [0.05, 0.1) is 0 Å². The molecule has 1 amide bonds. The summed E-state index contributed by atoms with van der Waals surface area (Å²) in [5.41, 5.74) is 2.78. The van der Waals surface area contributed by atoms with Crippen molar-refractivity contribution in [3.8, 4) is 0 Å². The molecule has 0 spiro atoms. The molecule has 2 aliphatic rings. The molecular formula is C20H24N4O3S. The van der Waals surface area contributed by atoms with Crippen molar-refractivity contribution in [1.29, 1.82) is 0 Å². The van der Waals surface area contributed by atoms with E-state index in [0.717, 1.165) is 55.2 Å². The molecule has 7 nitrogen and oxygen atoms in total. The third kappa shape index (κ3) is 3.93. The fraction of sp³-hybridized carbons (Fsp3) is 0.450. The number of aryl methyl sites for hydroxylation is 1. The van der Waals surface area contributed by atoms with E-state index in [1.165, 1.54) is 0 Å². The van der Waals surface area contributed by atoms with Gasteiger partial charge in [-0.25, -0.2) is 4.79 Å². The normalized spacial score (nSPS) is 16.6. The highest BCUT2D eigenvalue weighted by Gasteiger charge is 2.19. The van der Waals surface area contributed by atoms with Crippen LogP contribution in [0, 0.1) is 0 Å². The van der Waals surface area contributed by atoms with E-state index < -0.39 is 0 Å². The first-order valence-electron chi connectivity index (χ1n) is 9.65. The van der Waals surface area contributed by atoms with Crippen molar-refractivity contribution < 1.29 is 4.79 Å². The number of H-pyrrole nitrogens is 1. The van der Waals surface area contributed by atoms with Crippen molar-refractivity contribution >= 4 is 17.7 Å². The van der Waals surface area contributed by atoms with Gasteiger partial charge in [-0.2, -0.15) is 11.8 Å². The molecule has 2 N–H and O–H groups in total. The van der Waals surface area contributed by atoms with Crippen LogP contribution in [0.5, 0.6) is 0 Å². The summed E-state index contributed by atoms with van der Waals surface area (Å²) in [6.45, 7) is 3.66. The van der Waals surface area contributed by atoms with Crippen LogP contribution in [0.4, 0.5) is 0 Å². The molecule has 1 aromatic carbocycles. The monoisotopic (exact) mass is 400 g/mol. The molecule has 2 aliphatic heterocycles. The number of hydrogen-bond acceptors (Lipinski definition) is 5. The summed E-state index contributed by atoms with van der Waals surface area (Å²) in [4.78, 5) is 41.2. The molecule has 0 aliphatic carbocycles. The Bertz CT molecular complexity index is 974. The van der Waals surface area contributed by atoms with E-state index in [1.54, 1.807) is 16.3 Å². The van der Waals surface area contributed by atoms with Gasteiger partial charge >= 0.3 is 5.69 Å². The summed E-state index contributed by atoms with van der Waals surface area (Å²) in [6.07, 6.45) is 1.42. The molecule has 2 aromatic rings. The predicted octanol–water partition coefficient (Wildman–Crippen LogP) is 0.614. The van der Waals surface area contributed by atoms with Gasteiger partial charge in [0.1, 0.15) is 0 Å². The number of rotatable bonds is 4. The summed E-state index contributed by atoms with van der Waals surface area (Å²) in [5, 5.41) is 3.25. The second-order valence-corrected chi connectivity index (χ2v) is 8.23. The largest absolute Gasteiger partial charge is 0.336 e. The van der Waals surface area contributed by atoms with E-state index in [9.17, 15) is 14.4 Å². The second kappa shape index (κ2) is 8.36. The fourth-order valence-electron chi connectivity index (χ4n) is 3.78. The van der Waals surface area contributed by atoms with Gasteiger partial charge in [0, 0.05) is 55.3 Å². The van der Waals surface area contributed by atoms with Gasteiger partial charge in [-0.05, 0) is 36.3 Å². The molecule has 148 valence electrons. The summed E-state index contributed by atoms with van der Waals surface area (Å²) < 4.78 is 1.70. The van der Waals surface area contributed by atoms with Crippen molar-refractivity contribution in [3.63, 3.8) is 0 Å². The molecule has 3 heterocycles. The summed E-state index contributed by atoms with van der Waals surface area (Å²) in [6, 6.07) is 7.63. The summed E-state index contributed by atoms with van der Waals surface area (Å²) in [7, 11) is 0. The topological polar surface area (TPSA) is 87.2 Å². The molecule has 1 saturated heterocycles. The number of nitrogens with one attached hydrogen (secondary N) is 2. The van der Waals surface area contributed by atoms with E-state index in [-0.39, 0.29) is 17.2 Å². The van der Waals surface area contributed by atoms with Crippen LogP contribution in [0.25, 0.3) is 0 Å². The first kappa shape index (κ1) is 19.0. The van der Waals surface area contributed by atoms with Crippen LogP contribution in [-0.4, -0.2) is 52.3 Å². The number of fused-ring (bicyclic) bond motifs is 1. The highest BCUT2D eigenvalue weighted by molar-refractivity contribution is 7.98. The van der Waals surface area contributed by atoms with E-state index in [0.29, 0.717) is 24.3 Å². The minimum Gasteiger partial charge on any atom is -0.336 e. The lowest BCUT2D eigenvalue weighted by atomic mass is 10.1. The van der Waals surface area contributed by atoms with Crippen molar-refractivity contribution in [2.75, 3.05) is 31.9 Å². The zero-order valence-electron chi connectivity index (χ0n) is 15.7. The van der Waals surface area contributed by atoms with E-state index in [2.05, 4.69) is 10.3 Å². The van der Waals surface area contributed by atoms with Gasteiger partial charge in [-0.15, -0.1) is 0 Å². The fourth-order valence-corrected chi connectivity index (χ4v) is 4.76. The number of aromatic amines is 1. The molecule has 0 atom stereocenters. The number of benzene rings is 1. The van der Waals surface area contributed by atoms with E-state index >= 15 is 0 Å². The van der Waals surface area contributed by atoms with Crippen LogP contribution in [0.2, 0.25) is 0 Å². The molecule has 8 heteroatoms. The third-order valence-corrected chi connectivity index (χ3v) is 6.36. The maximum Gasteiger partial charge on any atom is 0.328 e. The Morgan fingerprint density at radius 1 is 1.11 bits per heavy atom. The van der Waals surface area contributed by atoms with Gasteiger partial charge in [-0.1, -0.05) is 12.1 Å². The number of nitrogens with zero attached hydrogens (tertiary/aromatic N) is 2. The number of piperazine rings is 1. The number of aromatic nitrogens is 2. The van der Waals surface area contributed by atoms with Gasteiger partial charge in [0.25, 0.3) is 11.5 Å². The maximum absolute atomic E-state index is 12.5. The van der Waals surface area contributed by atoms with Gasteiger partial charge in [-0.3, -0.25) is 19.1 Å². The lowest BCUT2D eigenvalue weighted by Gasteiger charge is -2.27. The van der Waals surface area contributed by atoms with E-state index in [1.807, 2.05) is 29.2 Å². The smallest absolute Gasteiger partial charge is 0.328 e. The minimum absolute atomic E-state index is 0.0662. The molecule has 4 rings (SSSR count). The van der Waals surface area contributed by atoms with Crippen LogP contribution in [0.15, 0.2) is 33.9 Å². The molecular weight excluding hydrogens is 376 g/mol. The van der Waals surface area contributed by atoms with Gasteiger partial charge < -0.3 is 10.2 Å². The van der Waals surface area contributed by atoms with Crippen molar-refractivity contribution in [3.05, 3.63) is 67.5 Å². The molecule has 0 bridgehead atoms. The number of carbonyl (C=O) groups excluding carboxylic acids is 1. The van der Waals surface area contributed by atoms with E-state index in [4.69, 9.17) is 0 Å². The number of thioether (sulfide) groups is 1.